The van der Waals surface area contributed by atoms with Crippen molar-refractivity contribution in [3.63, 3.8) is 0 Å². The lowest BCUT2D eigenvalue weighted by Gasteiger charge is -2.35. The molecule has 3 aromatic carbocycles. The number of rotatable bonds is 11. The van der Waals surface area contributed by atoms with Crippen LogP contribution in [0.1, 0.15) is 45.7 Å². The number of hydrogen-bond acceptors (Lipinski definition) is 6. The third-order valence-electron chi connectivity index (χ3n) is 6.67. The number of nitrogens with zero attached hydrogens (tertiary/aromatic N) is 4. The minimum atomic E-state index is -1.03. The second-order valence-corrected chi connectivity index (χ2v) is 9.80. The Balaban J connectivity index is 1.88. The van der Waals surface area contributed by atoms with Gasteiger partial charge < -0.3 is 14.8 Å². The number of aromatic nitrogens is 3. The van der Waals surface area contributed by atoms with Crippen LogP contribution in [-0.4, -0.2) is 46.1 Å². The zero-order chi connectivity index (χ0) is 28.0. The van der Waals surface area contributed by atoms with E-state index in [-0.39, 0.29) is 18.4 Å². The highest BCUT2D eigenvalue weighted by atomic mass is 16.5. The third kappa shape index (κ3) is 6.19. The largest absolute Gasteiger partial charge is 0.497 e. The SMILES string of the molecule is CCOc1ccccc1[C@H](C(=O)NC(C)(C)CC)N(C(=O)Cn1nnc2ccccc21)c1cccc(OC)c1. The van der Waals surface area contributed by atoms with Gasteiger partial charge in [-0.1, -0.05) is 48.5 Å². The number of ether oxygens (including phenoxy) is 2. The Morgan fingerprint density at radius 1 is 1.03 bits per heavy atom. The van der Waals surface area contributed by atoms with Crippen molar-refractivity contribution < 1.29 is 19.1 Å². The minimum Gasteiger partial charge on any atom is -0.497 e. The van der Waals surface area contributed by atoms with Crippen molar-refractivity contribution in [1.29, 1.82) is 0 Å². The molecule has 204 valence electrons. The molecule has 0 unspecified atom stereocenters. The monoisotopic (exact) mass is 529 g/mol. The first-order valence-electron chi connectivity index (χ1n) is 13.1. The summed E-state index contributed by atoms with van der Waals surface area (Å²) < 4.78 is 12.9. The van der Waals surface area contributed by atoms with Gasteiger partial charge in [-0.2, -0.15) is 0 Å². The number of methoxy groups -OCH3 is 1. The summed E-state index contributed by atoms with van der Waals surface area (Å²) in [6.45, 7) is 8.07. The number of amides is 2. The first kappa shape index (κ1) is 27.6. The fourth-order valence-electron chi connectivity index (χ4n) is 4.32. The van der Waals surface area contributed by atoms with Crippen LogP contribution in [0.2, 0.25) is 0 Å². The average Bonchev–Trinajstić information content (AvgIpc) is 3.34. The molecule has 2 amide bonds. The quantitative estimate of drug-likeness (QED) is 0.296. The van der Waals surface area contributed by atoms with Gasteiger partial charge in [0.15, 0.2) is 0 Å². The maximum atomic E-state index is 14.3. The Morgan fingerprint density at radius 3 is 2.51 bits per heavy atom. The van der Waals surface area contributed by atoms with E-state index in [1.165, 1.54) is 4.90 Å². The molecule has 1 heterocycles. The van der Waals surface area contributed by atoms with Crippen LogP contribution in [0.4, 0.5) is 5.69 Å². The van der Waals surface area contributed by atoms with E-state index in [2.05, 4.69) is 15.6 Å². The lowest BCUT2D eigenvalue weighted by Crippen LogP contribution is -2.51. The van der Waals surface area contributed by atoms with Crippen molar-refractivity contribution in [2.45, 2.75) is 52.2 Å². The standard InChI is InChI=1S/C30H35N5O4/c1-6-30(3,4)31-29(37)28(23-15-8-11-18-26(23)39-7-2)35(21-13-12-14-22(19-21)38-5)27(36)20-34-25-17-10-9-16-24(25)32-33-34/h8-19,28H,6-7,20H2,1-5H3,(H,31,37)/t28-/m1/s1. The average molecular weight is 530 g/mol. The van der Waals surface area contributed by atoms with Crippen molar-refractivity contribution in [3.8, 4) is 11.5 Å². The van der Waals surface area contributed by atoms with Gasteiger partial charge in [-0.3, -0.25) is 14.5 Å². The predicted octanol–water partition coefficient (Wildman–Crippen LogP) is 4.92. The zero-order valence-corrected chi connectivity index (χ0v) is 23.0. The van der Waals surface area contributed by atoms with E-state index in [1.807, 2.05) is 76.2 Å². The van der Waals surface area contributed by atoms with Crippen LogP contribution in [0.15, 0.2) is 72.8 Å². The number of hydrogen-bond donors (Lipinski definition) is 1. The van der Waals surface area contributed by atoms with Crippen LogP contribution >= 0.6 is 0 Å². The molecule has 4 aromatic rings. The second-order valence-electron chi connectivity index (χ2n) is 9.80. The van der Waals surface area contributed by atoms with E-state index in [0.29, 0.717) is 41.3 Å². The molecule has 0 aliphatic carbocycles. The first-order valence-corrected chi connectivity index (χ1v) is 13.1. The molecule has 0 saturated heterocycles. The number of benzene rings is 3. The van der Waals surface area contributed by atoms with E-state index in [1.54, 1.807) is 36.1 Å². The highest BCUT2D eigenvalue weighted by Gasteiger charge is 2.37. The van der Waals surface area contributed by atoms with Gasteiger partial charge in [0, 0.05) is 22.9 Å². The van der Waals surface area contributed by atoms with Crippen LogP contribution in [0.5, 0.6) is 11.5 Å². The highest BCUT2D eigenvalue weighted by molar-refractivity contribution is 6.02. The Bertz CT molecular complexity index is 1450. The molecule has 0 aliphatic heterocycles. The molecule has 1 N–H and O–H groups in total. The Hall–Kier alpha value is -4.40. The molecule has 1 atom stereocenters. The zero-order valence-electron chi connectivity index (χ0n) is 23.0. The molecule has 39 heavy (non-hydrogen) atoms. The summed E-state index contributed by atoms with van der Waals surface area (Å²) in [4.78, 5) is 29.9. The molecule has 1 aromatic heterocycles. The predicted molar refractivity (Wildman–Crippen MR) is 151 cm³/mol. The number of fused-ring (bicyclic) bond motifs is 1. The van der Waals surface area contributed by atoms with E-state index in [0.717, 1.165) is 5.52 Å². The molecular weight excluding hydrogens is 494 g/mol. The van der Waals surface area contributed by atoms with Crippen LogP contribution in [0.3, 0.4) is 0 Å². The van der Waals surface area contributed by atoms with Crippen LogP contribution in [-0.2, 0) is 16.1 Å². The first-order chi connectivity index (χ1) is 18.8. The van der Waals surface area contributed by atoms with Gasteiger partial charge >= 0.3 is 0 Å². The summed E-state index contributed by atoms with van der Waals surface area (Å²) in [6.07, 6.45) is 0.705. The number of carbonyl (C=O) groups excluding carboxylic acids is 2. The van der Waals surface area contributed by atoms with Crippen molar-refractivity contribution >= 4 is 28.5 Å². The van der Waals surface area contributed by atoms with Crippen LogP contribution in [0.25, 0.3) is 11.0 Å². The molecule has 0 saturated carbocycles. The molecule has 4 rings (SSSR count). The van der Waals surface area contributed by atoms with Gasteiger partial charge in [0.1, 0.15) is 29.6 Å². The minimum absolute atomic E-state index is 0.129. The Morgan fingerprint density at radius 2 is 1.77 bits per heavy atom. The number of carbonyl (C=O) groups is 2. The third-order valence-corrected chi connectivity index (χ3v) is 6.67. The lowest BCUT2D eigenvalue weighted by atomic mass is 9.97. The van der Waals surface area contributed by atoms with Crippen molar-refractivity contribution in [2.75, 3.05) is 18.6 Å². The summed E-state index contributed by atoms with van der Waals surface area (Å²) in [5.41, 5.74) is 1.98. The maximum absolute atomic E-state index is 14.3. The Labute approximate surface area is 228 Å². The van der Waals surface area contributed by atoms with Gasteiger partial charge in [0.25, 0.3) is 0 Å². The number of nitrogens with one attached hydrogen (secondary N) is 1. The van der Waals surface area contributed by atoms with E-state index >= 15 is 0 Å². The fourth-order valence-corrected chi connectivity index (χ4v) is 4.32. The fraction of sp³-hybridized carbons (Fsp3) is 0.333. The Kier molecular flexibility index (Phi) is 8.49. The maximum Gasteiger partial charge on any atom is 0.249 e. The summed E-state index contributed by atoms with van der Waals surface area (Å²) in [5.74, 6) is 0.414. The molecule has 0 radical (unpaired) electrons. The number of anilines is 1. The molecule has 0 spiro atoms. The summed E-state index contributed by atoms with van der Waals surface area (Å²) in [5, 5.41) is 11.5. The second kappa shape index (κ2) is 12.0. The highest BCUT2D eigenvalue weighted by Crippen LogP contribution is 2.35. The smallest absolute Gasteiger partial charge is 0.249 e. The molecule has 0 fully saturated rings. The summed E-state index contributed by atoms with van der Waals surface area (Å²) in [6, 6.07) is 20.8. The normalized spacial score (nSPS) is 12.1. The van der Waals surface area contributed by atoms with Gasteiger partial charge in [-0.25, -0.2) is 4.68 Å². The van der Waals surface area contributed by atoms with Crippen molar-refractivity contribution in [3.05, 3.63) is 78.4 Å². The van der Waals surface area contributed by atoms with E-state index < -0.39 is 11.6 Å². The lowest BCUT2D eigenvalue weighted by molar-refractivity contribution is -0.128. The van der Waals surface area contributed by atoms with E-state index in [4.69, 9.17) is 9.47 Å². The molecule has 9 heteroatoms. The van der Waals surface area contributed by atoms with Crippen molar-refractivity contribution in [1.82, 2.24) is 20.3 Å². The summed E-state index contributed by atoms with van der Waals surface area (Å²) in [7, 11) is 1.56. The van der Waals surface area contributed by atoms with Gasteiger partial charge in [-0.15, -0.1) is 5.10 Å². The van der Waals surface area contributed by atoms with Gasteiger partial charge in [0.05, 0.1) is 19.2 Å². The van der Waals surface area contributed by atoms with Gasteiger partial charge in [-0.05, 0) is 57.5 Å². The molecule has 0 aliphatic rings. The molecule has 9 nitrogen and oxygen atoms in total. The molecule has 0 bridgehead atoms. The van der Waals surface area contributed by atoms with Gasteiger partial charge in [0.2, 0.25) is 11.8 Å². The number of para-hydroxylation sites is 2. The molecular formula is C30H35N5O4. The topological polar surface area (TPSA) is 98.6 Å². The van der Waals surface area contributed by atoms with Crippen LogP contribution < -0.4 is 19.7 Å². The van der Waals surface area contributed by atoms with Crippen molar-refractivity contribution in [2.24, 2.45) is 0 Å². The summed E-state index contributed by atoms with van der Waals surface area (Å²) >= 11 is 0. The van der Waals surface area contributed by atoms with Crippen LogP contribution in [0, 0.1) is 0 Å². The van der Waals surface area contributed by atoms with E-state index in [9.17, 15) is 9.59 Å².